The predicted molar refractivity (Wildman–Crippen MR) is 124 cm³/mol. The Balaban J connectivity index is 4.60. The second-order valence-corrected chi connectivity index (χ2v) is 8.54. The highest BCUT2D eigenvalue weighted by Gasteiger charge is 2.25. The van der Waals surface area contributed by atoms with Crippen molar-refractivity contribution < 1.29 is 14.0 Å². The highest BCUT2D eigenvalue weighted by Crippen LogP contribution is 2.18. The third kappa shape index (κ3) is 14.9. The van der Waals surface area contributed by atoms with Crippen LogP contribution in [0.1, 0.15) is 119 Å². The number of hydrogen-bond acceptors (Lipinski definition) is 3. The zero-order valence-corrected chi connectivity index (χ0v) is 20.1. The van der Waals surface area contributed by atoms with Crippen molar-refractivity contribution in [3.63, 3.8) is 0 Å². The van der Waals surface area contributed by atoms with Crippen molar-refractivity contribution in [3.05, 3.63) is 0 Å². The fourth-order valence-corrected chi connectivity index (χ4v) is 3.48. The Morgan fingerprint density at radius 3 is 1.00 bits per heavy atom. The van der Waals surface area contributed by atoms with Gasteiger partial charge in [0.1, 0.15) is 0 Å². The Kier molecular flexibility index (Phi) is 20.2. The number of unbranched alkanes of at least 4 members (excludes halogenated alkanes) is 3. The second kappa shape index (κ2) is 20.2. The molecule has 0 spiro atoms. The molecule has 0 radical (unpaired) electrons. The van der Waals surface area contributed by atoms with E-state index in [2.05, 4.69) is 41.5 Å². The van der Waals surface area contributed by atoms with Crippen molar-refractivity contribution in [1.82, 2.24) is 0 Å². The van der Waals surface area contributed by atoms with Crippen LogP contribution >= 0.6 is 0 Å². The maximum atomic E-state index is 6.15. The first-order chi connectivity index (χ1) is 13.6. The minimum Gasteiger partial charge on any atom is -0.386 e. The summed E-state index contributed by atoms with van der Waals surface area (Å²) in [6.07, 6.45) is 14.8. The summed E-state index contributed by atoms with van der Waals surface area (Å²) in [7, 11) is -0.498. The van der Waals surface area contributed by atoms with Crippen molar-refractivity contribution in [2.24, 2.45) is 17.8 Å². The van der Waals surface area contributed by atoms with Gasteiger partial charge in [-0.25, -0.2) is 0 Å². The molecule has 0 amide bonds. The SMILES string of the molecule is CCCC[C@@H](CC)COB(OC[C@@H](CC)CCCC)OC[C@@H](CC)CCCC. The molecule has 0 saturated carbocycles. The van der Waals surface area contributed by atoms with E-state index in [4.69, 9.17) is 14.0 Å². The van der Waals surface area contributed by atoms with E-state index in [1.165, 1.54) is 57.8 Å². The largest absolute Gasteiger partial charge is 0.639 e. The lowest BCUT2D eigenvalue weighted by Gasteiger charge is -2.23. The molecule has 3 atom stereocenters. The van der Waals surface area contributed by atoms with Crippen molar-refractivity contribution in [3.8, 4) is 0 Å². The Hall–Kier alpha value is -0.0551. The molecule has 0 heterocycles. The Bertz CT molecular complexity index is 267. The Labute approximate surface area is 177 Å². The summed E-state index contributed by atoms with van der Waals surface area (Å²) in [5, 5.41) is 0. The van der Waals surface area contributed by atoms with E-state index in [-0.39, 0.29) is 0 Å². The summed E-state index contributed by atoms with van der Waals surface area (Å²) in [6.45, 7) is 15.8. The molecule has 0 aromatic heterocycles. The molecule has 0 aliphatic rings. The van der Waals surface area contributed by atoms with Crippen molar-refractivity contribution in [1.29, 1.82) is 0 Å². The predicted octanol–water partition coefficient (Wildman–Crippen LogP) is 7.67. The molecule has 0 N–H and O–H groups in total. The van der Waals surface area contributed by atoms with Crippen LogP contribution in [0.2, 0.25) is 0 Å². The molecule has 3 nitrogen and oxygen atoms in total. The fraction of sp³-hybridized carbons (Fsp3) is 1.00. The highest BCUT2D eigenvalue weighted by atomic mass is 16.7. The van der Waals surface area contributed by atoms with Gasteiger partial charge in [-0.05, 0) is 37.0 Å². The van der Waals surface area contributed by atoms with Gasteiger partial charge in [-0.2, -0.15) is 0 Å². The topological polar surface area (TPSA) is 27.7 Å². The van der Waals surface area contributed by atoms with E-state index < -0.39 is 7.32 Å². The average Bonchev–Trinajstić information content (AvgIpc) is 2.73. The summed E-state index contributed by atoms with van der Waals surface area (Å²) < 4.78 is 18.4. The van der Waals surface area contributed by atoms with E-state index in [0.29, 0.717) is 17.8 Å². The Morgan fingerprint density at radius 1 is 0.500 bits per heavy atom. The average molecular weight is 398 g/mol. The van der Waals surface area contributed by atoms with E-state index in [1.807, 2.05) is 0 Å². The molecule has 168 valence electrons. The molecule has 28 heavy (non-hydrogen) atoms. The van der Waals surface area contributed by atoms with Gasteiger partial charge < -0.3 is 14.0 Å². The van der Waals surface area contributed by atoms with Crippen molar-refractivity contribution in [2.75, 3.05) is 19.8 Å². The molecule has 0 aromatic rings. The quantitative estimate of drug-likeness (QED) is 0.186. The van der Waals surface area contributed by atoms with Crippen LogP contribution in [0, 0.1) is 17.8 Å². The molecule has 4 heteroatoms. The first-order valence-corrected chi connectivity index (χ1v) is 12.5. The lowest BCUT2D eigenvalue weighted by Crippen LogP contribution is -2.33. The van der Waals surface area contributed by atoms with Gasteiger partial charge in [-0.1, -0.05) is 99.3 Å². The summed E-state index contributed by atoms with van der Waals surface area (Å²) >= 11 is 0. The van der Waals surface area contributed by atoms with Gasteiger partial charge in [-0.3, -0.25) is 0 Å². The van der Waals surface area contributed by atoms with Gasteiger partial charge in [0.2, 0.25) is 0 Å². The minimum absolute atomic E-state index is 0.498. The fourth-order valence-electron chi connectivity index (χ4n) is 3.48. The van der Waals surface area contributed by atoms with Crippen LogP contribution < -0.4 is 0 Å². The smallest absolute Gasteiger partial charge is 0.386 e. The highest BCUT2D eigenvalue weighted by molar-refractivity contribution is 6.36. The van der Waals surface area contributed by atoms with Crippen LogP contribution in [-0.4, -0.2) is 27.1 Å². The molecule has 0 rings (SSSR count). The molecule has 0 fully saturated rings. The molecule has 0 aliphatic carbocycles. The van der Waals surface area contributed by atoms with Crippen LogP contribution in [0.4, 0.5) is 0 Å². The molecular weight excluding hydrogens is 347 g/mol. The standard InChI is InChI=1S/C24H51BO3/c1-7-13-16-22(10-4)19-26-25(27-20-23(11-5)17-14-8-2)28-21-24(12-6)18-15-9-3/h22-24H,7-21H2,1-6H3/t22-,23-,24+/m0/s1. The number of hydrogen-bond donors (Lipinski definition) is 0. The van der Waals surface area contributed by atoms with Crippen LogP contribution in [0.3, 0.4) is 0 Å². The van der Waals surface area contributed by atoms with Gasteiger partial charge in [0, 0.05) is 19.8 Å². The lowest BCUT2D eigenvalue weighted by molar-refractivity contribution is 0.0534. The molecule has 0 aliphatic heterocycles. The van der Waals surface area contributed by atoms with Crippen LogP contribution in [0.5, 0.6) is 0 Å². The zero-order chi connectivity index (χ0) is 21.0. The van der Waals surface area contributed by atoms with E-state index in [1.54, 1.807) is 0 Å². The van der Waals surface area contributed by atoms with Gasteiger partial charge in [0.25, 0.3) is 0 Å². The molecule has 0 bridgehead atoms. The minimum atomic E-state index is -0.498. The summed E-state index contributed by atoms with van der Waals surface area (Å²) in [5.74, 6) is 1.83. The van der Waals surface area contributed by atoms with Crippen molar-refractivity contribution >= 4 is 7.32 Å². The third-order valence-corrected chi connectivity index (χ3v) is 6.03. The van der Waals surface area contributed by atoms with E-state index in [9.17, 15) is 0 Å². The van der Waals surface area contributed by atoms with E-state index in [0.717, 1.165) is 39.1 Å². The maximum Gasteiger partial charge on any atom is 0.639 e. The van der Waals surface area contributed by atoms with Gasteiger partial charge in [0.05, 0.1) is 0 Å². The zero-order valence-electron chi connectivity index (χ0n) is 20.1. The first-order valence-electron chi connectivity index (χ1n) is 12.5. The number of rotatable bonds is 21. The lowest BCUT2D eigenvalue weighted by atomic mass is 9.98. The summed E-state index contributed by atoms with van der Waals surface area (Å²) in [5.41, 5.74) is 0. The van der Waals surface area contributed by atoms with Gasteiger partial charge in [0.15, 0.2) is 0 Å². The molecule has 0 aromatic carbocycles. The van der Waals surface area contributed by atoms with Crippen LogP contribution in [0.15, 0.2) is 0 Å². The van der Waals surface area contributed by atoms with Crippen molar-refractivity contribution in [2.45, 2.75) is 119 Å². The van der Waals surface area contributed by atoms with Gasteiger partial charge >= 0.3 is 7.32 Å². The Morgan fingerprint density at radius 2 is 0.786 bits per heavy atom. The first kappa shape index (κ1) is 27.9. The third-order valence-electron chi connectivity index (χ3n) is 6.03. The normalized spacial score (nSPS) is 14.8. The van der Waals surface area contributed by atoms with Crippen LogP contribution in [0.25, 0.3) is 0 Å². The maximum absolute atomic E-state index is 6.15. The second-order valence-electron chi connectivity index (χ2n) is 8.54. The molecule has 0 saturated heterocycles. The van der Waals surface area contributed by atoms with E-state index >= 15 is 0 Å². The van der Waals surface area contributed by atoms with Gasteiger partial charge in [-0.15, -0.1) is 0 Å². The molecular formula is C24H51BO3. The molecule has 0 unspecified atom stereocenters. The monoisotopic (exact) mass is 398 g/mol. The van der Waals surface area contributed by atoms with Crippen LogP contribution in [-0.2, 0) is 14.0 Å². The summed E-state index contributed by atoms with van der Waals surface area (Å²) in [4.78, 5) is 0. The summed E-state index contributed by atoms with van der Waals surface area (Å²) in [6, 6.07) is 0.